The Hall–Kier alpha value is -2.49. The highest BCUT2D eigenvalue weighted by atomic mass is 35.5. The van der Waals surface area contributed by atoms with Gasteiger partial charge in [-0.2, -0.15) is 4.31 Å². The van der Waals surface area contributed by atoms with E-state index in [4.69, 9.17) is 21.1 Å². The van der Waals surface area contributed by atoms with Crippen molar-refractivity contribution < 1.29 is 22.7 Å². The molecule has 0 aromatic heterocycles. The number of fused-ring (bicyclic) bond motifs is 1. The Balaban J connectivity index is 1.46. The molecule has 0 spiro atoms. The van der Waals surface area contributed by atoms with E-state index in [1.807, 2.05) is 0 Å². The molecule has 2 heterocycles. The maximum atomic E-state index is 12.9. The third-order valence-corrected chi connectivity index (χ3v) is 7.52. The van der Waals surface area contributed by atoms with Gasteiger partial charge in [0.25, 0.3) is 0 Å². The van der Waals surface area contributed by atoms with Crippen LogP contribution in [0.25, 0.3) is 0 Å². The molecular formula is C21H24ClN3O5S. The molecule has 4 rings (SSSR count). The number of benzene rings is 2. The van der Waals surface area contributed by atoms with Crippen LogP contribution in [0.1, 0.15) is 26.2 Å². The lowest BCUT2D eigenvalue weighted by Crippen LogP contribution is -2.35. The molecule has 10 heteroatoms. The van der Waals surface area contributed by atoms with Crippen molar-refractivity contribution in [1.29, 1.82) is 0 Å². The minimum Gasteiger partial charge on any atom is -0.454 e. The summed E-state index contributed by atoms with van der Waals surface area (Å²) in [5, 5.41) is 6.08. The average molecular weight is 466 g/mol. The van der Waals surface area contributed by atoms with E-state index in [0.29, 0.717) is 30.3 Å². The number of carbonyl (C=O) groups is 1. The lowest BCUT2D eigenvalue weighted by molar-refractivity contribution is -0.116. The molecule has 8 nitrogen and oxygen atoms in total. The number of hydrogen-bond donors (Lipinski definition) is 2. The number of hydrogen-bond acceptors (Lipinski definition) is 6. The van der Waals surface area contributed by atoms with Crippen LogP contribution in [-0.2, 0) is 14.8 Å². The van der Waals surface area contributed by atoms with Crippen LogP contribution in [0.15, 0.2) is 41.3 Å². The van der Waals surface area contributed by atoms with E-state index in [-0.39, 0.29) is 28.3 Å². The highest BCUT2D eigenvalue weighted by molar-refractivity contribution is 7.89. The Bertz CT molecular complexity index is 1090. The normalized spacial score (nSPS) is 17.2. The van der Waals surface area contributed by atoms with Crippen molar-refractivity contribution in [2.45, 2.75) is 37.1 Å². The molecule has 1 unspecified atom stereocenters. The number of amides is 1. The van der Waals surface area contributed by atoms with Crippen molar-refractivity contribution in [3.8, 4) is 11.5 Å². The molecule has 2 aliphatic rings. The molecule has 1 saturated heterocycles. The predicted octanol–water partition coefficient (Wildman–Crippen LogP) is 3.68. The highest BCUT2D eigenvalue weighted by Gasteiger charge is 2.27. The summed E-state index contributed by atoms with van der Waals surface area (Å²) in [6.07, 6.45) is 2.72. The van der Waals surface area contributed by atoms with Crippen LogP contribution in [0.4, 0.5) is 11.4 Å². The zero-order valence-electron chi connectivity index (χ0n) is 17.1. The van der Waals surface area contributed by atoms with Crippen LogP contribution in [0.2, 0.25) is 5.02 Å². The van der Waals surface area contributed by atoms with Crippen LogP contribution >= 0.6 is 11.6 Å². The molecule has 1 fully saturated rings. The van der Waals surface area contributed by atoms with E-state index in [2.05, 4.69) is 10.6 Å². The third-order valence-electron chi connectivity index (χ3n) is 5.30. The van der Waals surface area contributed by atoms with Crippen LogP contribution in [0.3, 0.4) is 0 Å². The quantitative estimate of drug-likeness (QED) is 0.675. The van der Waals surface area contributed by atoms with E-state index in [1.165, 1.54) is 22.5 Å². The molecule has 1 atom stereocenters. The fraction of sp³-hybridized carbons (Fsp3) is 0.381. The van der Waals surface area contributed by atoms with Gasteiger partial charge < -0.3 is 20.1 Å². The van der Waals surface area contributed by atoms with Gasteiger partial charge in [0.2, 0.25) is 22.7 Å². The first-order valence-electron chi connectivity index (χ1n) is 10.1. The summed E-state index contributed by atoms with van der Waals surface area (Å²) in [7, 11) is -3.63. The van der Waals surface area contributed by atoms with E-state index in [9.17, 15) is 13.2 Å². The van der Waals surface area contributed by atoms with Gasteiger partial charge in [0.15, 0.2) is 11.5 Å². The monoisotopic (exact) mass is 465 g/mol. The number of sulfonamides is 1. The average Bonchev–Trinajstić information content (AvgIpc) is 3.23. The van der Waals surface area contributed by atoms with E-state index in [0.717, 1.165) is 19.3 Å². The van der Waals surface area contributed by atoms with Crippen molar-refractivity contribution in [2.24, 2.45) is 0 Å². The third kappa shape index (κ3) is 4.73. The topological polar surface area (TPSA) is 97.0 Å². The Morgan fingerprint density at radius 1 is 1.06 bits per heavy atom. The predicted molar refractivity (Wildman–Crippen MR) is 118 cm³/mol. The Labute approximate surface area is 186 Å². The molecule has 2 aromatic rings. The van der Waals surface area contributed by atoms with Gasteiger partial charge in [-0.25, -0.2) is 8.42 Å². The minimum atomic E-state index is -3.63. The SMILES string of the molecule is CC(Nc1ccc2c(c1)OCO2)C(=O)Nc1cc(S(=O)(=O)N2CCCCC2)ccc1Cl. The van der Waals surface area contributed by atoms with E-state index >= 15 is 0 Å². The lowest BCUT2D eigenvalue weighted by atomic mass is 10.2. The van der Waals surface area contributed by atoms with Gasteiger partial charge >= 0.3 is 0 Å². The van der Waals surface area contributed by atoms with E-state index in [1.54, 1.807) is 25.1 Å². The summed E-state index contributed by atoms with van der Waals surface area (Å²) in [6, 6.07) is 9.07. The van der Waals surface area contributed by atoms with Crippen LogP contribution in [0, 0.1) is 0 Å². The van der Waals surface area contributed by atoms with Crippen LogP contribution in [-0.4, -0.2) is 44.6 Å². The van der Waals surface area contributed by atoms with Crippen molar-refractivity contribution in [1.82, 2.24) is 4.31 Å². The Morgan fingerprint density at radius 3 is 2.58 bits per heavy atom. The first-order chi connectivity index (χ1) is 14.8. The first kappa shape index (κ1) is 21.7. The van der Waals surface area contributed by atoms with Crippen molar-refractivity contribution in [3.05, 3.63) is 41.4 Å². The number of rotatable bonds is 6. The Morgan fingerprint density at radius 2 is 1.81 bits per heavy atom. The molecule has 0 bridgehead atoms. The second-order valence-electron chi connectivity index (χ2n) is 7.53. The molecule has 2 aliphatic heterocycles. The smallest absolute Gasteiger partial charge is 0.246 e. The molecular weight excluding hydrogens is 442 g/mol. The zero-order chi connectivity index (χ0) is 22.0. The maximum Gasteiger partial charge on any atom is 0.246 e. The standard InChI is InChI=1S/C21H24ClN3O5S/c1-14(23-15-5-8-19-20(11-15)30-13-29-19)21(26)24-18-12-16(6-7-17(18)22)31(27,28)25-9-3-2-4-10-25/h5-8,11-12,14,23H,2-4,9-10,13H2,1H3,(H,24,26). The summed E-state index contributed by atoms with van der Waals surface area (Å²) in [4.78, 5) is 12.8. The first-order valence-corrected chi connectivity index (χ1v) is 11.9. The number of nitrogens with zero attached hydrogens (tertiary/aromatic N) is 1. The Kier molecular flexibility index (Phi) is 6.27. The number of halogens is 1. The van der Waals surface area contributed by atoms with Gasteiger partial charge in [-0.15, -0.1) is 0 Å². The molecule has 0 radical (unpaired) electrons. The maximum absolute atomic E-state index is 12.9. The molecule has 2 N–H and O–H groups in total. The zero-order valence-corrected chi connectivity index (χ0v) is 18.6. The second-order valence-corrected chi connectivity index (χ2v) is 9.87. The highest BCUT2D eigenvalue weighted by Crippen LogP contribution is 2.34. The molecule has 31 heavy (non-hydrogen) atoms. The number of nitrogens with one attached hydrogen (secondary N) is 2. The van der Waals surface area contributed by atoms with Crippen LogP contribution < -0.4 is 20.1 Å². The lowest BCUT2D eigenvalue weighted by Gasteiger charge is -2.26. The fourth-order valence-electron chi connectivity index (χ4n) is 3.56. The summed E-state index contributed by atoms with van der Waals surface area (Å²) >= 11 is 6.23. The van der Waals surface area contributed by atoms with Gasteiger partial charge in [0, 0.05) is 24.8 Å². The number of carbonyl (C=O) groups excluding carboxylic acids is 1. The summed E-state index contributed by atoms with van der Waals surface area (Å²) in [5.74, 6) is 0.907. The molecule has 2 aromatic carbocycles. The summed E-state index contributed by atoms with van der Waals surface area (Å²) in [6.45, 7) is 2.87. The largest absolute Gasteiger partial charge is 0.454 e. The molecule has 1 amide bonds. The number of piperidine rings is 1. The fourth-order valence-corrected chi connectivity index (χ4v) is 5.27. The molecule has 166 valence electrons. The number of ether oxygens (including phenoxy) is 2. The molecule has 0 aliphatic carbocycles. The van der Waals surface area contributed by atoms with E-state index < -0.39 is 16.1 Å². The van der Waals surface area contributed by atoms with Crippen LogP contribution in [0.5, 0.6) is 11.5 Å². The summed E-state index contributed by atoms with van der Waals surface area (Å²) < 4.78 is 38.0. The van der Waals surface area contributed by atoms with Gasteiger partial charge in [-0.3, -0.25) is 4.79 Å². The van der Waals surface area contributed by atoms with Gasteiger partial charge in [0.1, 0.15) is 6.04 Å². The van der Waals surface area contributed by atoms with Gasteiger partial charge in [-0.1, -0.05) is 18.0 Å². The molecule has 0 saturated carbocycles. The number of anilines is 2. The van der Waals surface area contributed by atoms with Crippen molar-refractivity contribution in [3.63, 3.8) is 0 Å². The van der Waals surface area contributed by atoms with Gasteiger partial charge in [-0.05, 0) is 50.1 Å². The van der Waals surface area contributed by atoms with Crippen molar-refractivity contribution in [2.75, 3.05) is 30.5 Å². The summed E-state index contributed by atoms with van der Waals surface area (Å²) in [5.41, 5.74) is 0.948. The minimum absolute atomic E-state index is 0.116. The van der Waals surface area contributed by atoms with Gasteiger partial charge in [0.05, 0.1) is 15.6 Å². The second kappa shape index (κ2) is 8.94. The van der Waals surface area contributed by atoms with Crippen molar-refractivity contribution >= 4 is 38.9 Å².